The lowest BCUT2D eigenvalue weighted by Crippen LogP contribution is -2.32. The van der Waals surface area contributed by atoms with E-state index in [-0.39, 0.29) is 23.0 Å². The zero-order valence-corrected chi connectivity index (χ0v) is 22.7. The molecule has 0 saturated carbocycles. The number of hydrogen-bond donors (Lipinski definition) is 4. The van der Waals surface area contributed by atoms with Crippen molar-refractivity contribution >= 4 is 52.2 Å². The molecule has 0 radical (unpaired) electrons. The number of carbonyl (C=O) groups is 3. The maximum absolute atomic E-state index is 13.1. The van der Waals surface area contributed by atoms with Crippen LogP contribution in [0, 0.1) is 6.92 Å². The summed E-state index contributed by atoms with van der Waals surface area (Å²) < 4.78 is 39.1. The quantitative estimate of drug-likeness (QED) is 0.201. The Morgan fingerprint density at radius 1 is 0.810 bits per heavy atom. The van der Waals surface area contributed by atoms with Crippen LogP contribution in [0.5, 0.6) is 0 Å². The SMILES string of the molecule is CC(=O)Nc1ccc(Nc2cc(N(C)C(=O)Nc3cc(NC(=O)c4cccc(C(F)(F)F)c4)ccc3C)ncn2)cc1. The van der Waals surface area contributed by atoms with Gasteiger partial charge in [-0.05, 0) is 67.1 Å². The van der Waals surface area contributed by atoms with E-state index in [0.717, 1.165) is 18.2 Å². The van der Waals surface area contributed by atoms with Crippen molar-refractivity contribution in [3.8, 4) is 0 Å². The number of carbonyl (C=O) groups excluding carboxylic acids is 3. The molecule has 216 valence electrons. The Balaban J connectivity index is 1.43. The van der Waals surface area contributed by atoms with Crippen LogP contribution in [0.1, 0.15) is 28.4 Å². The van der Waals surface area contributed by atoms with Crippen LogP contribution >= 0.6 is 0 Å². The molecule has 0 aliphatic rings. The number of rotatable bonds is 7. The highest BCUT2D eigenvalue weighted by Crippen LogP contribution is 2.30. The van der Waals surface area contributed by atoms with Crippen LogP contribution in [-0.4, -0.2) is 34.9 Å². The Labute approximate surface area is 239 Å². The van der Waals surface area contributed by atoms with Crippen LogP contribution in [0.25, 0.3) is 0 Å². The van der Waals surface area contributed by atoms with E-state index in [0.29, 0.717) is 28.4 Å². The molecular weight excluding hydrogens is 551 g/mol. The van der Waals surface area contributed by atoms with E-state index in [4.69, 9.17) is 0 Å². The maximum atomic E-state index is 13.1. The Morgan fingerprint density at radius 3 is 2.19 bits per heavy atom. The Bertz CT molecular complexity index is 1630. The van der Waals surface area contributed by atoms with Crippen molar-refractivity contribution in [1.29, 1.82) is 0 Å². The lowest BCUT2D eigenvalue weighted by atomic mass is 10.1. The van der Waals surface area contributed by atoms with Gasteiger partial charge in [0.2, 0.25) is 5.91 Å². The monoisotopic (exact) mass is 577 g/mol. The molecule has 0 saturated heterocycles. The zero-order chi connectivity index (χ0) is 30.4. The summed E-state index contributed by atoms with van der Waals surface area (Å²) in [5, 5.41) is 11.1. The van der Waals surface area contributed by atoms with Crippen LogP contribution < -0.4 is 26.2 Å². The maximum Gasteiger partial charge on any atom is 0.416 e. The van der Waals surface area contributed by atoms with E-state index in [2.05, 4.69) is 31.2 Å². The molecule has 4 rings (SSSR count). The third-order valence-electron chi connectivity index (χ3n) is 5.97. The predicted molar refractivity (Wildman–Crippen MR) is 154 cm³/mol. The fourth-order valence-electron chi connectivity index (χ4n) is 3.76. The second-order valence-electron chi connectivity index (χ2n) is 9.20. The van der Waals surface area contributed by atoms with E-state index in [1.165, 1.54) is 37.3 Å². The van der Waals surface area contributed by atoms with Crippen LogP contribution in [-0.2, 0) is 11.0 Å². The van der Waals surface area contributed by atoms with Gasteiger partial charge in [0.15, 0.2) is 0 Å². The number of aryl methyl sites for hydroxylation is 1. The van der Waals surface area contributed by atoms with Gasteiger partial charge in [-0.15, -0.1) is 0 Å². The molecule has 42 heavy (non-hydrogen) atoms. The summed E-state index contributed by atoms with van der Waals surface area (Å²) in [6.07, 6.45) is -3.29. The average Bonchev–Trinajstić information content (AvgIpc) is 2.95. The van der Waals surface area contributed by atoms with Gasteiger partial charge in [-0.2, -0.15) is 13.2 Å². The number of hydrogen-bond acceptors (Lipinski definition) is 6. The van der Waals surface area contributed by atoms with Gasteiger partial charge in [-0.1, -0.05) is 12.1 Å². The molecule has 1 heterocycles. The summed E-state index contributed by atoms with van der Waals surface area (Å²) in [5.74, 6) is -0.210. The van der Waals surface area contributed by atoms with Crippen LogP contribution in [0.4, 0.5) is 52.4 Å². The molecule has 0 bridgehead atoms. The minimum Gasteiger partial charge on any atom is -0.340 e. The summed E-state index contributed by atoms with van der Waals surface area (Å²) in [6.45, 7) is 3.17. The summed E-state index contributed by atoms with van der Waals surface area (Å²) in [6, 6.07) is 16.8. The minimum atomic E-state index is -4.58. The minimum absolute atomic E-state index is 0.160. The first-order valence-corrected chi connectivity index (χ1v) is 12.5. The fraction of sp³-hybridized carbons (Fsp3) is 0.138. The van der Waals surface area contributed by atoms with Crippen molar-refractivity contribution in [3.05, 3.63) is 95.8 Å². The summed E-state index contributed by atoms with van der Waals surface area (Å²) in [5.41, 5.74) is 1.58. The van der Waals surface area contributed by atoms with Gasteiger partial charge in [-0.3, -0.25) is 14.5 Å². The number of nitrogens with zero attached hydrogens (tertiary/aromatic N) is 3. The van der Waals surface area contributed by atoms with Crippen LogP contribution in [0.15, 0.2) is 79.1 Å². The Morgan fingerprint density at radius 2 is 1.50 bits per heavy atom. The van der Waals surface area contributed by atoms with Gasteiger partial charge in [0, 0.05) is 48.4 Å². The van der Waals surface area contributed by atoms with Crippen molar-refractivity contribution < 1.29 is 27.6 Å². The smallest absolute Gasteiger partial charge is 0.340 e. The number of urea groups is 1. The molecule has 13 heteroatoms. The summed E-state index contributed by atoms with van der Waals surface area (Å²) in [7, 11) is 1.51. The van der Waals surface area contributed by atoms with Crippen molar-refractivity contribution in [2.24, 2.45) is 0 Å². The third kappa shape index (κ3) is 7.59. The molecule has 1 aromatic heterocycles. The predicted octanol–water partition coefficient (Wildman–Crippen LogP) is 6.43. The number of halogens is 3. The lowest BCUT2D eigenvalue weighted by molar-refractivity contribution is -0.137. The first-order chi connectivity index (χ1) is 19.9. The second kappa shape index (κ2) is 12.4. The molecule has 10 nitrogen and oxygen atoms in total. The van der Waals surface area contributed by atoms with Gasteiger partial charge in [0.05, 0.1) is 5.56 Å². The van der Waals surface area contributed by atoms with Crippen molar-refractivity contribution in [3.63, 3.8) is 0 Å². The van der Waals surface area contributed by atoms with E-state index in [1.54, 1.807) is 49.4 Å². The largest absolute Gasteiger partial charge is 0.416 e. The first-order valence-electron chi connectivity index (χ1n) is 12.5. The van der Waals surface area contributed by atoms with Gasteiger partial charge >= 0.3 is 12.2 Å². The topological polar surface area (TPSA) is 128 Å². The molecular formula is C29H26F3N7O3. The summed E-state index contributed by atoms with van der Waals surface area (Å²) >= 11 is 0. The van der Waals surface area contributed by atoms with Gasteiger partial charge in [0.25, 0.3) is 5.91 Å². The average molecular weight is 578 g/mol. The van der Waals surface area contributed by atoms with Gasteiger partial charge in [0.1, 0.15) is 18.0 Å². The third-order valence-corrected chi connectivity index (χ3v) is 5.97. The standard InChI is InChI=1S/C29H26F3N7O3/c1-17-7-8-23(37-27(41)19-5-4-6-20(13-19)29(30,31)32)14-24(17)38-28(42)39(3)26-15-25(33-16-34-26)36-22-11-9-21(10-12-22)35-18(2)40/h4-16H,1-3H3,(H,35,40)(H,37,41)(H,38,42)(H,33,34,36). The molecule has 4 aromatic rings. The molecule has 0 fully saturated rings. The highest BCUT2D eigenvalue weighted by atomic mass is 19.4. The highest BCUT2D eigenvalue weighted by molar-refractivity contribution is 6.05. The molecule has 4 amide bonds. The Kier molecular flexibility index (Phi) is 8.70. The van der Waals surface area contributed by atoms with E-state index < -0.39 is 23.7 Å². The molecule has 0 aliphatic heterocycles. The molecule has 0 unspecified atom stereocenters. The van der Waals surface area contributed by atoms with Crippen molar-refractivity contribution in [2.45, 2.75) is 20.0 Å². The molecule has 0 spiro atoms. The Hall–Kier alpha value is -5.46. The first kappa shape index (κ1) is 29.5. The van der Waals surface area contributed by atoms with Gasteiger partial charge in [-0.25, -0.2) is 14.8 Å². The zero-order valence-electron chi connectivity index (χ0n) is 22.7. The van der Waals surface area contributed by atoms with E-state index in [1.807, 2.05) is 0 Å². The number of anilines is 6. The molecule has 0 atom stereocenters. The normalized spacial score (nSPS) is 10.9. The molecule has 0 aliphatic carbocycles. The number of alkyl halides is 3. The highest BCUT2D eigenvalue weighted by Gasteiger charge is 2.31. The van der Waals surface area contributed by atoms with Crippen LogP contribution in [0.3, 0.4) is 0 Å². The molecule has 4 N–H and O–H groups in total. The number of benzene rings is 3. The number of aromatic nitrogens is 2. The molecule has 3 aromatic carbocycles. The van der Waals surface area contributed by atoms with Gasteiger partial charge < -0.3 is 21.3 Å². The number of nitrogens with one attached hydrogen (secondary N) is 4. The summed E-state index contributed by atoms with van der Waals surface area (Å²) in [4.78, 5) is 46.5. The van der Waals surface area contributed by atoms with E-state index in [9.17, 15) is 27.6 Å². The van der Waals surface area contributed by atoms with Crippen molar-refractivity contribution in [2.75, 3.05) is 33.2 Å². The van der Waals surface area contributed by atoms with Crippen molar-refractivity contribution in [1.82, 2.24) is 9.97 Å². The van der Waals surface area contributed by atoms with E-state index >= 15 is 0 Å². The fourth-order valence-corrected chi connectivity index (χ4v) is 3.76. The second-order valence-corrected chi connectivity index (χ2v) is 9.20. The van der Waals surface area contributed by atoms with Crippen LogP contribution in [0.2, 0.25) is 0 Å². The number of amides is 4. The lowest BCUT2D eigenvalue weighted by Gasteiger charge is -2.19.